The fraction of sp³-hybridized carbons (Fsp3) is 0.917. The van der Waals surface area contributed by atoms with Crippen LogP contribution < -0.4 is 5.32 Å². The maximum atomic E-state index is 11.0. The number of piperidine rings is 2. The van der Waals surface area contributed by atoms with E-state index in [0.717, 1.165) is 32.0 Å². The first-order valence-electron chi connectivity index (χ1n) is 6.34. The van der Waals surface area contributed by atoms with Crippen molar-refractivity contribution in [2.45, 2.75) is 32.2 Å². The monoisotopic (exact) mass is 226 g/mol. The molecular formula is C12H22N2O2. The van der Waals surface area contributed by atoms with Crippen molar-refractivity contribution >= 4 is 5.97 Å². The lowest BCUT2D eigenvalue weighted by atomic mass is 9.91. The minimum atomic E-state index is -0.650. The Bertz CT molecular complexity index is 249. The van der Waals surface area contributed by atoms with Crippen LogP contribution in [0.2, 0.25) is 0 Å². The van der Waals surface area contributed by atoms with Crippen molar-refractivity contribution in [2.75, 3.05) is 26.2 Å². The van der Waals surface area contributed by atoms with Crippen LogP contribution in [0.5, 0.6) is 0 Å². The second kappa shape index (κ2) is 5.15. The molecule has 0 aromatic heterocycles. The molecule has 2 fully saturated rings. The summed E-state index contributed by atoms with van der Waals surface area (Å²) in [5.41, 5.74) is 0. The Balaban J connectivity index is 1.87. The Morgan fingerprint density at radius 1 is 1.31 bits per heavy atom. The molecule has 2 atom stereocenters. The van der Waals surface area contributed by atoms with Crippen molar-refractivity contribution in [3.8, 4) is 0 Å². The molecule has 4 heteroatoms. The molecule has 2 aliphatic heterocycles. The van der Waals surface area contributed by atoms with Crippen LogP contribution in [0, 0.1) is 11.8 Å². The highest BCUT2D eigenvalue weighted by molar-refractivity contribution is 5.70. The molecule has 0 amide bonds. The maximum absolute atomic E-state index is 11.0. The van der Waals surface area contributed by atoms with Crippen LogP contribution in [0.15, 0.2) is 0 Å². The highest BCUT2D eigenvalue weighted by Gasteiger charge is 2.31. The van der Waals surface area contributed by atoms with Gasteiger partial charge in [0.25, 0.3) is 0 Å². The van der Waals surface area contributed by atoms with Gasteiger partial charge in [0.2, 0.25) is 0 Å². The van der Waals surface area contributed by atoms with E-state index in [9.17, 15) is 4.79 Å². The van der Waals surface area contributed by atoms with Gasteiger partial charge < -0.3 is 10.4 Å². The number of carboxylic acids is 1. The van der Waals surface area contributed by atoms with Gasteiger partial charge >= 0.3 is 5.97 Å². The predicted molar refractivity (Wildman–Crippen MR) is 62.4 cm³/mol. The molecule has 16 heavy (non-hydrogen) atoms. The molecule has 2 saturated heterocycles. The van der Waals surface area contributed by atoms with Crippen molar-refractivity contribution in [3.63, 3.8) is 0 Å². The van der Waals surface area contributed by atoms with Gasteiger partial charge in [-0.2, -0.15) is 0 Å². The standard InChI is InChI=1S/C12H22N2O2/c1-9-2-4-14(5-3-9)11-6-10(12(15)16)7-13-8-11/h9-11,13H,2-8H2,1H3,(H,15,16). The molecule has 0 spiro atoms. The molecule has 0 bridgehead atoms. The summed E-state index contributed by atoms with van der Waals surface area (Å²) in [6.07, 6.45) is 3.33. The van der Waals surface area contributed by atoms with Crippen molar-refractivity contribution in [1.82, 2.24) is 10.2 Å². The molecule has 2 N–H and O–H groups in total. The summed E-state index contributed by atoms with van der Waals surface area (Å²) in [4.78, 5) is 13.5. The van der Waals surface area contributed by atoms with Gasteiger partial charge in [0.05, 0.1) is 5.92 Å². The smallest absolute Gasteiger partial charge is 0.307 e. The van der Waals surface area contributed by atoms with E-state index in [4.69, 9.17) is 5.11 Å². The summed E-state index contributed by atoms with van der Waals surface area (Å²) in [6, 6.07) is 0.433. The van der Waals surface area contributed by atoms with Gasteiger partial charge in [0.15, 0.2) is 0 Å². The molecule has 4 nitrogen and oxygen atoms in total. The normalized spacial score (nSPS) is 33.8. The lowest BCUT2D eigenvalue weighted by Gasteiger charge is -2.40. The number of nitrogens with one attached hydrogen (secondary N) is 1. The predicted octanol–water partition coefficient (Wildman–Crippen LogP) is 0.781. The third-order valence-electron chi connectivity index (χ3n) is 4.01. The number of rotatable bonds is 2. The van der Waals surface area contributed by atoms with E-state index >= 15 is 0 Å². The zero-order chi connectivity index (χ0) is 11.5. The van der Waals surface area contributed by atoms with Crippen LogP contribution >= 0.6 is 0 Å². The molecular weight excluding hydrogens is 204 g/mol. The molecule has 2 rings (SSSR count). The Labute approximate surface area is 97.0 Å². The number of likely N-dealkylation sites (tertiary alicyclic amines) is 1. The average molecular weight is 226 g/mol. The summed E-state index contributed by atoms with van der Waals surface area (Å²) < 4.78 is 0. The van der Waals surface area contributed by atoms with Crippen LogP contribution in [-0.4, -0.2) is 48.2 Å². The molecule has 0 aromatic rings. The Morgan fingerprint density at radius 2 is 2.00 bits per heavy atom. The Morgan fingerprint density at radius 3 is 2.62 bits per heavy atom. The number of carbonyl (C=O) groups is 1. The van der Waals surface area contributed by atoms with Gasteiger partial charge in [0, 0.05) is 19.1 Å². The first-order valence-corrected chi connectivity index (χ1v) is 6.34. The highest BCUT2D eigenvalue weighted by atomic mass is 16.4. The minimum Gasteiger partial charge on any atom is -0.481 e. The van der Waals surface area contributed by atoms with E-state index in [-0.39, 0.29) is 5.92 Å². The van der Waals surface area contributed by atoms with Crippen molar-refractivity contribution in [2.24, 2.45) is 11.8 Å². The largest absolute Gasteiger partial charge is 0.481 e. The van der Waals surface area contributed by atoms with Crippen LogP contribution in [0.1, 0.15) is 26.2 Å². The lowest BCUT2D eigenvalue weighted by Crippen LogP contribution is -2.52. The van der Waals surface area contributed by atoms with E-state index in [0.29, 0.717) is 12.6 Å². The summed E-state index contributed by atoms with van der Waals surface area (Å²) in [5.74, 6) is -0.0104. The number of hydrogen-bond acceptors (Lipinski definition) is 3. The number of aliphatic carboxylic acids is 1. The molecule has 92 valence electrons. The van der Waals surface area contributed by atoms with E-state index < -0.39 is 5.97 Å². The van der Waals surface area contributed by atoms with E-state index in [2.05, 4.69) is 17.1 Å². The summed E-state index contributed by atoms with van der Waals surface area (Å²) in [6.45, 7) is 6.17. The second-order valence-electron chi connectivity index (χ2n) is 5.30. The van der Waals surface area contributed by atoms with E-state index in [1.807, 2.05) is 0 Å². The maximum Gasteiger partial charge on any atom is 0.307 e. The van der Waals surface area contributed by atoms with Gasteiger partial charge in [-0.1, -0.05) is 6.92 Å². The van der Waals surface area contributed by atoms with Gasteiger partial charge in [-0.15, -0.1) is 0 Å². The first-order chi connectivity index (χ1) is 7.66. The fourth-order valence-electron chi connectivity index (χ4n) is 2.78. The van der Waals surface area contributed by atoms with Crippen LogP contribution in [0.4, 0.5) is 0 Å². The zero-order valence-corrected chi connectivity index (χ0v) is 9.98. The van der Waals surface area contributed by atoms with Crippen molar-refractivity contribution in [1.29, 1.82) is 0 Å². The number of nitrogens with zero attached hydrogens (tertiary/aromatic N) is 1. The number of hydrogen-bond donors (Lipinski definition) is 2. The average Bonchev–Trinajstić information content (AvgIpc) is 2.30. The van der Waals surface area contributed by atoms with E-state index in [1.54, 1.807) is 0 Å². The van der Waals surface area contributed by atoms with Gasteiger partial charge in [-0.25, -0.2) is 0 Å². The molecule has 2 heterocycles. The van der Waals surface area contributed by atoms with Gasteiger partial charge in [-0.05, 0) is 38.3 Å². The molecule has 0 saturated carbocycles. The van der Waals surface area contributed by atoms with Crippen LogP contribution in [0.3, 0.4) is 0 Å². The Hall–Kier alpha value is -0.610. The quantitative estimate of drug-likeness (QED) is 0.730. The third-order valence-corrected chi connectivity index (χ3v) is 4.01. The molecule has 2 aliphatic rings. The zero-order valence-electron chi connectivity index (χ0n) is 9.98. The second-order valence-corrected chi connectivity index (χ2v) is 5.30. The SMILES string of the molecule is CC1CCN(C2CNCC(C(=O)O)C2)CC1. The highest BCUT2D eigenvalue weighted by Crippen LogP contribution is 2.22. The Kier molecular flexibility index (Phi) is 3.82. The molecule has 0 radical (unpaired) electrons. The first kappa shape index (κ1) is 11.9. The van der Waals surface area contributed by atoms with Crippen LogP contribution in [-0.2, 0) is 4.79 Å². The summed E-state index contributed by atoms with van der Waals surface area (Å²) in [5, 5.41) is 12.3. The van der Waals surface area contributed by atoms with Gasteiger partial charge in [-0.3, -0.25) is 9.69 Å². The molecule has 0 aromatic carbocycles. The van der Waals surface area contributed by atoms with Crippen molar-refractivity contribution in [3.05, 3.63) is 0 Å². The third kappa shape index (κ3) is 2.74. The molecule has 2 unspecified atom stereocenters. The van der Waals surface area contributed by atoms with E-state index in [1.165, 1.54) is 12.8 Å². The van der Waals surface area contributed by atoms with Crippen LogP contribution in [0.25, 0.3) is 0 Å². The summed E-state index contributed by atoms with van der Waals surface area (Å²) in [7, 11) is 0. The fourth-order valence-corrected chi connectivity index (χ4v) is 2.78. The minimum absolute atomic E-state index is 0.196. The van der Waals surface area contributed by atoms with Crippen molar-refractivity contribution < 1.29 is 9.90 Å². The van der Waals surface area contributed by atoms with Gasteiger partial charge in [0.1, 0.15) is 0 Å². The molecule has 0 aliphatic carbocycles. The number of carboxylic acid groups (broad SMARTS) is 1. The lowest BCUT2D eigenvalue weighted by molar-refractivity contribution is -0.143. The topological polar surface area (TPSA) is 52.6 Å². The summed E-state index contributed by atoms with van der Waals surface area (Å²) >= 11 is 0.